The molecule has 118 valence electrons. The molecule has 0 spiro atoms. The fraction of sp³-hybridized carbons (Fsp3) is 0.200. The molecular weight excluding hydrogens is 316 g/mol. The summed E-state index contributed by atoms with van der Waals surface area (Å²) in [4.78, 5) is 42.9. The average Bonchev–Trinajstić information content (AvgIpc) is 2.93. The Kier molecular flexibility index (Phi) is 3.83. The number of rotatable bonds is 2. The Labute approximate surface area is 134 Å². The summed E-state index contributed by atoms with van der Waals surface area (Å²) in [7, 11) is 1.81. The van der Waals surface area contributed by atoms with E-state index in [1.807, 2.05) is 11.6 Å². The molecule has 0 bridgehead atoms. The van der Waals surface area contributed by atoms with E-state index in [9.17, 15) is 14.4 Å². The van der Waals surface area contributed by atoms with E-state index < -0.39 is 17.0 Å². The predicted octanol–water partition coefficient (Wildman–Crippen LogP) is 0.851. The zero-order valence-corrected chi connectivity index (χ0v) is 13.4. The van der Waals surface area contributed by atoms with E-state index in [1.54, 1.807) is 36.7 Å². The highest BCUT2D eigenvalue weighted by molar-refractivity contribution is 7.07. The lowest BCUT2D eigenvalue weighted by molar-refractivity contribution is 0.0998. The van der Waals surface area contributed by atoms with Crippen LogP contribution in [0.4, 0.5) is 0 Å². The zero-order chi connectivity index (χ0) is 16.6. The van der Waals surface area contributed by atoms with Crippen molar-refractivity contribution < 1.29 is 4.79 Å². The van der Waals surface area contributed by atoms with E-state index in [0.29, 0.717) is 27.9 Å². The lowest BCUT2D eigenvalue weighted by Crippen LogP contribution is -2.36. The zero-order valence-electron chi connectivity index (χ0n) is 12.6. The van der Waals surface area contributed by atoms with Crippen LogP contribution >= 0.6 is 11.3 Å². The molecule has 2 aromatic heterocycles. The van der Waals surface area contributed by atoms with Gasteiger partial charge in [0.15, 0.2) is 4.80 Å². The second-order valence-electron chi connectivity index (χ2n) is 4.95. The molecule has 0 saturated heterocycles. The Morgan fingerprint density at radius 1 is 1.35 bits per heavy atom. The van der Waals surface area contributed by atoms with Crippen molar-refractivity contribution in [1.29, 1.82) is 0 Å². The second-order valence-corrected chi connectivity index (χ2v) is 5.82. The van der Waals surface area contributed by atoms with Crippen LogP contribution in [0.5, 0.6) is 0 Å². The highest BCUT2D eigenvalue weighted by Crippen LogP contribution is 2.12. The third-order valence-electron chi connectivity index (χ3n) is 3.49. The van der Waals surface area contributed by atoms with Crippen molar-refractivity contribution in [1.82, 2.24) is 14.1 Å². The number of carbonyl (C=O) groups is 1. The minimum absolute atomic E-state index is 0.350. The molecule has 0 saturated carbocycles. The number of hydrogen-bond donors (Lipinski definition) is 1. The normalized spacial score (nSPS) is 12.0. The molecule has 1 amide bonds. The van der Waals surface area contributed by atoms with Crippen LogP contribution in [-0.2, 0) is 13.6 Å². The number of H-pyrrole nitrogens is 1. The minimum Gasteiger partial charge on any atom is -0.327 e. The van der Waals surface area contributed by atoms with Crippen LogP contribution in [0, 0.1) is 0 Å². The number of aromatic amines is 1. The molecule has 0 aliphatic carbocycles. The Morgan fingerprint density at radius 3 is 2.78 bits per heavy atom. The van der Waals surface area contributed by atoms with Crippen LogP contribution in [0.25, 0.3) is 11.0 Å². The van der Waals surface area contributed by atoms with Crippen molar-refractivity contribution in [3.05, 3.63) is 60.8 Å². The van der Waals surface area contributed by atoms with Gasteiger partial charge in [0, 0.05) is 30.7 Å². The van der Waals surface area contributed by atoms with Crippen LogP contribution in [0.3, 0.4) is 0 Å². The van der Waals surface area contributed by atoms with Gasteiger partial charge in [-0.1, -0.05) is 0 Å². The maximum atomic E-state index is 12.3. The van der Waals surface area contributed by atoms with Crippen LogP contribution in [0.1, 0.15) is 17.3 Å². The van der Waals surface area contributed by atoms with E-state index in [2.05, 4.69) is 9.98 Å². The molecule has 3 aromatic rings. The molecule has 0 unspecified atom stereocenters. The van der Waals surface area contributed by atoms with Crippen LogP contribution in [0.15, 0.2) is 44.4 Å². The molecule has 0 atom stereocenters. The van der Waals surface area contributed by atoms with E-state index in [0.717, 1.165) is 0 Å². The third kappa shape index (κ3) is 2.68. The molecule has 7 nitrogen and oxygen atoms in total. The summed E-state index contributed by atoms with van der Waals surface area (Å²) in [6.45, 7) is 2.16. The lowest BCUT2D eigenvalue weighted by atomic mass is 10.2. The summed E-state index contributed by atoms with van der Waals surface area (Å²) in [5, 5.41) is 1.84. The SMILES string of the molecule is CCn1c(=O)c(=O)[nH]c2cc(C(=O)N=c3sccn3C)ccc21. The third-order valence-corrected chi connectivity index (χ3v) is 4.34. The first kappa shape index (κ1) is 15.2. The maximum absolute atomic E-state index is 12.3. The quantitative estimate of drug-likeness (QED) is 0.707. The smallest absolute Gasteiger partial charge is 0.316 e. The van der Waals surface area contributed by atoms with Gasteiger partial charge in [0.25, 0.3) is 5.91 Å². The second kappa shape index (κ2) is 5.81. The fourth-order valence-corrected chi connectivity index (χ4v) is 3.04. The number of thiazole rings is 1. The molecule has 0 radical (unpaired) electrons. The van der Waals surface area contributed by atoms with E-state index in [4.69, 9.17) is 0 Å². The molecule has 1 N–H and O–H groups in total. The van der Waals surface area contributed by atoms with Gasteiger partial charge in [-0.2, -0.15) is 4.99 Å². The Hall–Kier alpha value is -2.74. The Balaban J connectivity index is 2.16. The van der Waals surface area contributed by atoms with Crippen LogP contribution < -0.4 is 15.9 Å². The first-order chi connectivity index (χ1) is 11.0. The molecule has 8 heteroatoms. The maximum Gasteiger partial charge on any atom is 0.316 e. The first-order valence-electron chi connectivity index (χ1n) is 6.97. The molecule has 2 heterocycles. The fourth-order valence-electron chi connectivity index (χ4n) is 2.31. The van der Waals surface area contributed by atoms with Gasteiger partial charge in [0.05, 0.1) is 11.0 Å². The number of carbonyl (C=O) groups excluding carboxylic acids is 1. The van der Waals surface area contributed by atoms with Gasteiger partial charge in [-0.05, 0) is 25.1 Å². The van der Waals surface area contributed by atoms with Crippen molar-refractivity contribution in [2.24, 2.45) is 12.0 Å². The van der Waals surface area contributed by atoms with Gasteiger partial charge < -0.3 is 14.1 Å². The summed E-state index contributed by atoms with van der Waals surface area (Å²) in [6, 6.07) is 4.79. The number of hydrogen-bond acceptors (Lipinski definition) is 4. The van der Waals surface area contributed by atoms with Crippen molar-refractivity contribution in [2.45, 2.75) is 13.5 Å². The summed E-state index contributed by atoms with van der Waals surface area (Å²) < 4.78 is 3.12. The van der Waals surface area contributed by atoms with Gasteiger partial charge in [-0.15, -0.1) is 11.3 Å². The number of nitrogens with zero attached hydrogens (tertiary/aromatic N) is 3. The highest BCUT2D eigenvalue weighted by Gasteiger charge is 2.10. The van der Waals surface area contributed by atoms with Crippen molar-refractivity contribution in [3.63, 3.8) is 0 Å². The number of fused-ring (bicyclic) bond motifs is 1. The molecule has 3 rings (SSSR count). The van der Waals surface area contributed by atoms with Crippen LogP contribution in [-0.4, -0.2) is 20.0 Å². The van der Waals surface area contributed by atoms with Crippen LogP contribution in [0.2, 0.25) is 0 Å². The molecule has 0 aliphatic rings. The van der Waals surface area contributed by atoms with E-state index in [1.165, 1.54) is 15.9 Å². The minimum atomic E-state index is -0.703. The molecular formula is C15H14N4O3S. The monoisotopic (exact) mass is 330 g/mol. The number of benzene rings is 1. The number of amides is 1. The van der Waals surface area contributed by atoms with Gasteiger partial charge in [-0.3, -0.25) is 14.4 Å². The Bertz CT molecular complexity index is 1080. The predicted molar refractivity (Wildman–Crippen MR) is 87.7 cm³/mol. The first-order valence-corrected chi connectivity index (χ1v) is 7.85. The summed E-state index contributed by atoms with van der Waals surface area (Å²) in [5.74, 6) is -0.403. The van der Waals surface area contributed by atoms with Crippen molar-refractivity contribution in [3.8, 4) is 0 Å². The van der Waals surface area contributed by atoms with Crippen molar-refractivity contribution >= 4 is 28.3 Å². The summed E-state index contributed by atoms with van der Waals surface area (Å²) in [6.07, 6.45) is 1.81. The van der Waals surface area contributed by atoms with Gasteiger partial charge in [0.1, 0.15) is 0 Å². The standard InChI is InChI=1S/C15H14N4O3S/c1-3-19-11-5-4-9(8-10(11)16-13(21)14(19)22)12(20)17-15-18(2)6-7-23-15/h4-8H,3H2,1-2H3,(H,16,21). The lowest BCUT2D eigenvalue weighted by Gasteiger charge is -2.07. The number of aryl methyl sites for hydroxylation is 2. The van der Waals surface area contributed by atoms with Gasteiger partial charge in [-0.25, -0.2) is 0 Å². The largest absolute Gasteiger partial charge is 0.327 e. The Morgan fingerprint density at radius 2 is 2.13 bits per heavy atom. The number of aromatic nitrogens is 3. The highest BCUT2D eigenvalue weighted by atomic mass is 32.1. The topological polar surface area (TPSA) is 89.2 Å². The number of nitrogens with one attached hydrogen (secondary N) is 1. The molecule has 0 fully saturated rings. The average molecular weight is 330 g/mol. The van der Waals surface area contributed by atoms with Gasteiger partial charge in [0.2, 0.25) is 0 Å². The molecule has 23 heavy (non-hydrogen) atoms. The van der Waals surface area contributed by atoms with Crippen molar-refractivity contribution in [2.75, 3.05) is 0 Å². The summed E-state index contributed by atoms with van der Waals surface area (Å²) in [5.41, 5.74) is 0.0613. The molecule has 0 aliphatic heterocycles. The van der Waals surface area contributed by atoms with Gasteiger partial charge >= 0.3 is 11.1 Å². The summed E-state index contributed by atoms with van der Waals surface area (Å²) >= 11 is 1.36. The van der Waals surface area contributed by atoms with E-state index in [-0.39, 0.29) is 0 Å². The molecule has 1 aromatic carbocycles. The van der Waals surface area contributed by atoms with E-state index >= 15 is 0 Å².